The Kier molecular flexibility index (Phi) is 14.2. The van der Waals surface area contributed by atoms with Gasteiger partial charge in [-0.1, -0.05) is 62.4 Å². The number of aliphatic carboxylic acids is 1. The zero-order chi connectivity index (χ0) is 37.0. The Morgan fingerprint density at radius 3 is 2.00 bits per heavy atom. The lowest BCUT2D eigenvalue weighted by molar-refractivity contribution is -0.139. The molecule has 266 valence electrons. The molecule has 0 spiro atoms. The highest BCUT2D eigenvalue weighted by Crippen LogP contribution is 2.42. The predicted octanol–water partition coefficient (Wildman–Crippen LogP) is 5.07. The maximum absolute atomic E-state index is 14.0. The monoisotopic (exact) mass is 687 g/mol. The van der Waals surface area contributed by atoms with Gasteiger partial charge in [-0.05, 0) is 66.3 Å². The minimum atomic E-state index is -1.18. The maximum atomic E-state index is 14.0. The Morgan fingerprint density at radius 2 is 1.50 bits per heavy atom. The molecule has 50 heavy (non-hydrogen) atoms. The first-order valence-corrected chi connectivity index (χ1v) is 16.1. The molecular weight excluding hydrogens is 641 g/mol. The second-order valence-corrected chi connectivity index (χ2v) is 12.2. The molecule has 1 heterocycles. The number of rotatable bonds is 12. The SMILES string of the molecule is CC(C)c1c(C(=O)Nc2ccccc2)c(-c2ccccc2)c(-c2ccc(F)cc2)n1CC[C@@H](O)C[C@@H](O)CC(=O)O.CN(C)C(=N)N=C(N)N. The second kappa shape index (κ2) is 18.3. The van der Waals surface area contributed by atoms with Crippen molar-refractivity contribution in [3.8, 4) is 22.4 Å². The summed E-state index contributed by atoms with van der Waals surface area (Å²) < 4.78 is 16.0. The van der Waals surface area contributed by atoms with E-state index < -0.39 is 24.6 Å². The number of hydrogen-bond donors (Lipinski definition) is 7. The molecular formula is C37H46FN7O5. The zero-order valence-electron chi connectivity index (χ0n) is 28.7. The number of benzene rings is 3. The van der Waals surface area contributed by atoms with Gasteiger partial charge >= 0.3 is 5.97 Å². The van der Waals surface area contributed by atoms with Gasteiger partial charge in [0.25, 0.3) is 5.91 Å². The molecule has 4 aromatic rings. The van der Waals surface area contributed by atoms with E-state index in [1.54, 1.807) is 26.2 Å². The quantitative estimate of drug-likeness (QED) is 0.0790. The normalized spacial score (nSPS) is 11.9. The molecule has 3 aromatic carbocycles. The molecule has 0 saturated carbocycles. The molecule has 12 nitrogen and oxygen atoms in total. The van der Waals surface area contributed by atoms with Gasteiger partial charge in [-0.25, -0.2) is 4.39 Å². The summed E-state index contributed by atoms with van der Waals surface area (Å²) in [4.78, 5) is 30.0. The number of aromatic nitrogens is 1. The number of aliphatic hydroxyl groups is 2. The van der Waals surface area contributed by atoms with Crippen LogP contribution in [0.25, 0.3) is 22.4 Å². The van der Waals surface area contributed by atoms with E-state index in [0.717, 1.165) is 11.3 Å². The van der Waals surface area contributed by atoms with Crippen LogP contribution in [-0.4, -0.2) is 74.9 Å². The highest BCUT2D eigenvalue weighted by atomic mass is 19.1. The topological polar surface area (TPSA) is 203 Å². The summed E-state index contributed by atoms with van der Waals surface area (Å²) in [6, 6.07) is 24.8. The van der Waals surface area contributed by atoms with E-state index in [0.29, 0.717) is 28.1 Å². The van der Waals surface area contributed by atoms with Crippen molar-refractivity contribution in [2.45, 2.75) is 57.8 Å². The number of nitrogens with zero attached hydrogens (tertiary/aromatic N) is 3. The van der Waals surface area contributed by atoms with Gasteiger partial charge in [0.1, 0.15) is 5.82 Å². The third-order valence-corrected chi connectivity index (χ3v) is 7.59. The Bertz CT molecular complexity index is 1750. The summed E-state index contributed by atoms with van der Waals surface area (Å²) >= 11 is 0. The lowest BCUT2D eigenvalue weighted by atomic mass is 9.94. The van der Waals surface area contributed by atoms with Gasteiger partial charge < -0.3 is 41.6 Å². The van der Waals surface area contributed by atoms with Gasteiger partial charge in [-0.2, -0.15) is 4.99 Å². The molecule has 1 amide bonds. The zero-order valence-corrected chi connectivity index (χ0v) is 28.7. The van der Waals surface area contributed by atoms with E-state index in [1.807, 2.05) is 79.1 Å². The minimum absolute atomic E-state index is 0.0509. The smallest absolute Gasteiger partial charge is 0.305 e. The third-order valence-electron chi connectivity index (χ3n) is 7.59. The van der Waals surface area contributed by atoms with Crippen molar-refractivity contribution in [2.24, 2.45) is 16.5 Å². The second-order valence-electron chi connectivity index (χ2n) is 12.2. The number of aliphatic hydroxyl groups excluding tert-OH is 2. The van der Waals surface area contributed by atoms with Crippen molar-refractivity contribution < 1.29 is 29.3 Å². The molecule has 4 rings (SSSR count). The number of nitrogens with one attached hydrogen (secondary N) is 2. The van der Waals surface area contributed by atoms with Crippen LogP contribution in [0.3, 0.4) is 0 Å². The average molecular weight is 688 g/mol. The lowest BCUT2D eigenvalue weighted by Gasteiger charge is -2.20. The molecule has 0 aliphatic heterocycles. The number of carboxylic acid groups (broad SMARTS) is 1. The van der Waals surface area contributed by atoms with Crippen LogP contribution in [0.4, 0.5) is 10.1 Å². The maximum Gasteiger partial charge on any atom is 0.305 e. The van der Waals surface area contributed by atoms with E-state index in [9.17, 15) is 24.2 Å². The van der Waals surface area contributed by atoms with Crippen LogP contribution in [0.5, 0.6) is 0 Å². The fourth-order valence-corrected chi connectivity index (χ4v) is 5.43. The van der Waals surface area contributed by atoms with Crippen LogP contribution in [0.15, 0.2) is 89.9 Å². The molecule has 0 bridgehead atoms. The first kappa shape index (κ1) is 38.9. The van der Waals surface area contributed by atoms with Crippen molar-refractivity contribution in [1.82, 2.24) is 9.47 Å². The van der Waals surface area contributed by atoms with Crippen LogP contribution >= 0.6 is 0 Å². The highest BCUT2D eigenvalue weighted by Gasteiger charge is 2.31. The van der Waals surface area contributed by atoms with E-state index >= 15 is 0 Å². The summed E-state index contributed by atoms with van der Waals surface area (Å²) in [7, 11) is 3.38. The molecule has 9 N–H and O–H groups in total. The van der Waals surface area contributed by atoms with Crippen LogP contribution in [0.1, 0.15) is 55.1 Å². The Hall–Kier alpha value is -5.53. The summed E-state index contributed by atoms with van der Waals surface area (Å²) in [6.45, 7) is 4.25. The summed E-state index contributed by atoms with van der Waals surface area (Å²) in [5.41, 5.74) is 14.8. The number of carbonyl (C=O) groups is 2. The van der Waals surface area contributed by atoms with Crippen molar-refractivity contribution in [1.29, 1.82) is 5.41 Å². The number of guanidine groups is 2. The Labute approximate surface area is 291 Å². The molecule has 13 heteroatoms. The number of aliphatic imine (C=N–C) groups is 1. The number of halogens is 1. The number of hydrogen-bond acceptors (Lipinski definition) is 5. The molecule has 0 fully saturated rings. The molecule has 0 saturated heterocycles. The largest absolute Gasteiger partial charge is 0.481 e. The standard InChI is InChI=1S/C33H35FN2O5.C4H11N5/c1-21(2)31-30(33(41)35-25-11-7-4-8-12-25)29(22-9-5-3-6-10-22)32(23-13-15-24(34)16-14-23)36(31)18-17-26(37)19-27(38)20-28(39)40;1-9(2)4(7)8-3(5)6/h3-16,21,26-27,37-38H,17-20H2,1-2H3,(H,35,41)(H,39,40);1-2H3,(H5,5,6,7,8)/t26-,27-;/m1./s1. The summed E-state index contributed by atoms with van der Waals surface area (Å²) in [5.74, 6) is -1.97. The Balaban J connectivity index is 0.000000661. The van der Waals surface area contributed by atoms with Crippen molar-refractivity contribution >= 4 is 29.5 Å². The number of para-hydroxylation sites is 1. The number of carboxylic acids is 1. The molecule has 1 aromatic heterocycles. The number of amides is 1. The fourth-order valence-electron chi connectivity index (χ4n) is 5.43. The predicted molar refractivity (Wildman–Crippen MR) is 194 cm³/mol. The molecule has 0 aliphatic rings. The number of carbonyl (C=O) groups excluding carboxylic acids is 1. The average Bonchev–Trinajstić information content (AvgIpc) is 3.40. The lowest BCUT2D eigenvalue weighted by Crippen LogP contribution is -2.28. The molecule has 0 radical (unpaired) electrons. The van der Waals surface area contributed by atoms with Gasteiger partial charge in [0, 0.05) is 37.6 Å². The first-order chi connectivity index (χ1) is 23.7. The first-order valence-electron chi connectivity index (χ1n) is 16.1. The van der Waals surface area contributed by atoms with E-state index in [2.05, 4.69) is 10.3 Å². The van der Waals surface area contributed by atoms with Crippen molar-refractivity contribution in [3.05, 3.63) is 102 Å². The van der Waals surface area contributed by atoms with E-state index in [4.69, 9.17) is 22.0 Å². The van der Waals surface area contributed by atoms with Crippen LogP contribution in [-0.2, 0) is 11.3 Å². The highest BCUT2D eigenvalue weighted by molar-refractivity contribution is 6.12. The fraction of sp³-hybridized carbons (Fsp3) is 0.297. The van der Waals surface area contributed by atoms with Crippen molar-refractivity contribution in [2.75, 3.05) is 19.4 Å². The molecule has 2 atom stereocenters. The molecule has 0 aliphatic carbocycles. The summed E-state index contributed by atoms with van der Waals surface area (Å²) in [5, 5.41) is 39.8. The van der Waals surface area contributed by atoms with Gasteiger partial charge in [0.05, 0.1) is 29.9 Å². The Morgan fingerprint density at radius 1 is 0.920 bits per heavy atom. The minimum Gasteiger partial charge on any atom is -0.481 e. The number of anilines is 1. The summed E-state index contributed by atoms with van der Waals surface area (Å²) in [6.07, 6.45) is -2.51. The molecule has 0 unspecified atom stereocenters. The van der Waals surface area contributed by atoms with Crippen LogP contribution in [0.2, 0.25) is 0 Å². The van der Waals surface area contributed by atoms with Crippen molar-refractivity contribution in [3.63, 3.8) is 0 Å². The van der Waals surface area contributed by atoms with Gasteiger partial charge in [0.2, 0.25) is 5.96 Å². The van der Waals surface area contributed by atoms with E-state index in [1.165, 1.54) is 17.0 Å². The van der Waals surface area contributed by atoms with Gasteiger partial charge in [-0.3, -0.25) is 15.0 Å². The number of nitrogens with two attached hydrogens (primary N) is 2. The van der Waals surface area contributed by atoms with Gasteiger partial charge in [0.15, 0.2) is 5.96 Å². The van der Waals surface area contributed by atoms with E-state index in [-0.39, 0.29) is 48.9 Å². The third kappa shape index (κ3) is 11.0. The van der Waals surface area contributed by atoms with Crippen LogP contribution in [0, 0.1) is 11.2 Å². The van der Waals surface area contributed by atoms with Gasteiger partial charge in [-0.15, -0.1) is 0 Å². The van der Waals surface area contributed by atoms with Crippen LogP contribution < -0.4 is 16.8 Å².